The van der Waals surface area contributed by atoms with E-state index in [4.69, 9.17) is 13.9 Å². The van der Waals surface area contributed by atoms with Gasteiger partial charge in [-0.1, -0.05) is 32.5 Å². The van der Waals surface area contributed by atoms with Crippen LogP contribution in [0.25, 0.3) is 0 Å². The van der Waals surface area contributed by atoms with Gasteiger partial charge in [0.15, 0.2) is 13.5 Å². The van der Waals surface area contributed by atoms with Gasteiger partial charge in [0, 0.05) is 12.4 Å². The van der Waals surface area contributed by atoms with Crippen LogP contribution < -0.4 is 0 Å². The van der Waals surface area contributed by atoms with Gasteiger partial charge in [-0.2, -0.15) is 0 Å². The molecule has 4 atom stereocenters. The molecule has 2 aliphatic heterocycles. The first-order valence-electron chi connectivity index (χ1n) is 8.13. The molecule has 0 radical (unpaired) electrons. The molecule has 0 unspecified atom stereocenters. The van der Waals surface area contributed by atoms with Gasteiger partial charge in [-0.05, 0) is 24.2 Å². The third-order valence-electron chi connectivity index (χ3n) is 5.01. The number of thioether (sulfide) groups is 1. The molecule has 0 aromatic carbocycles. The van der Waals surface area contributed by atoms with Crippen LogP contribution in [0.5, 0.6) is 0 Å². The summed E-state index contributed by atoms with van der Waals surface area (Å²) in [5.41, 5.74) is 0. The lowest BCUT2D eigenvalue weighted by Gasteiger charge is -2.39. The molecule has 2 fully saturated rings. The van der Waals surface area contributed by atoms with E-state index in [1.165, 1.54) is 0 Å². The van der Waals surface area contributed by atoms with E-state index in [1.54, 1.807) is 24.2 Å². The highest BCUT2D eigenvalue weighted by atomic mass is 32.2. The zero-order chi connectivity index (χ0) is 16.7. The summed E-state index contributed by atoms with van der Waals surface area (Å²) in [6.07, 6.45) is 3.68. The number of hydrogen-bond acceptors (Lipinski definition) is 6. The smallest absolute Gasteiger partial charge is 0.192 e. The quantitative estimate of drug-likeness (QED) is 0.612. The Kier molecular flexibility index (Phi) is 4.86. The number of nitrogens with zero attached hydrogens (tertiary/aromatic N) is 2. The van der Waals surface area contributed by atoms with E-state index in [-0.39, 0.29) is 28.6 Å². The molecule has 2 saturated heterocycles. The molecule has 0 N–H and O–H groups in total. The SMILES string of the molecule is CC(C)(C)[Si](C)(C)O[C@@H]1CO[C@H]2[C@@H]1OC[C@@H]2Sc1ncccn1. The Morgan fingerprint density at radius 3 is 2.43 bits per heavy atom. The molecule has 0 bridgehead atoms. The molecule has 1 aromatic rings. The third-order valence-corrected chi connectivity index (χ3v) is 10.6. The molecule has 0 amide bonds. The highest BCUT2D eigenvalue weighted by Gasteiger charge is 2.51. The van der Waals surface area contributed by atoms with E-state index < -0.39 is 8.32 Å². The van der Waals surface area contributed by atoms with Crippen LogP contribution in [0.15, 0.2) is 23.6 Å². The Morgan fingerprint density at radius 2 is 1.78 bits per heavy atom. The molecule has 0 spiro atoms. The van der Waals surface area contributed by atoms with Crippen molar-refractivity contribution in [1.82, 2.24) is 9.97 Å². The number of ether oxygens (including phenoxy) is 2. The third kappa shape index (κ3) is 3.63. The molecular formula is C16H26N2O3SSi. The molecule has 128 valence electrons. The van der Waals surface area contributed by atoms with Gasteiger partial charge in [-0.15, -0.1) is 0 Å². The molecule has 1 aromatic heterocycles. The minimum atomic E-state index is -1.82. The van der Waals surface area contributed by atoms with Gasteiger partial charge in [0.2, 0.25) is 0 Å². The second-order valence-corrected chi connectivity index (χ2v) is 13.7. The molecule has 7 heteroatoms. The first kappa shape index (κ1) is 17.4. The first-order valence-corrected chi connectivity index (χ1v) is 11.9. The van der Waals surface area contributed by atoms with Crippen LogP contribution in [0.3, 0.4) is 0 Å². The van der Waals surface area contributed by atoms with Crippen molar-refractivity contribution in [3.8, 4) is 0 Å². The standard InChI is InChI=1S/C16H26N2O3SSi/c1-16(2,3)23(4,5)21-11-9-19-14-12(10-20-13(11)14)22-15-17-7-6-8-18-15/h6-8,11-14H,9-10H2,1-5H3/t11-,12+,13-,14-/m1/s1. The molecule has 23 heavy (non-hydrogen) atoms. The second-order valence-electron chi connectivity index (χ2n) is 7.70. The molecule has 3 rings (SSSR count). The zero-order valence-electron chi connectivity index (χ0n) is 14.5. The lowest BCUT2D eigenvalue weighted by atomic mass is 10.1. The summed E-state index contributed by atoms with van der Waals surface area (Å²) < 4.78 is 18.6. The van der Waals surface area contributed by atoms with Crippen LogP contribution in [0, 0.1) is 0 Å². The Bertz CT molecular complexity index is 538. The molecule has 0 saturated carbocycles. The zero-order valence-corrected chi connectivity index (χ0v) is 16.3. The summed E-state index contributed by atoms with van der Waals surface area (Å²) in [7, 11) is -1.82. The van der Waals surface area contributed by atoms with E-state index in [1.807, 2.05) is 6.07 Å². The molecule has 2 aliphatic rings. The maximum atomic E-state index is 6.52. The van der Waals surface area contributed by atoms with Crippen molar-refractivity contribution in [2.75, 3.05) is 13.2 Å². The van der Waals surface area contributed by atoms with Gasteiger partial charge >= 0.3 is 0 Å². The average Bonchev–Trinajstić information content (AvgIpc) is 3.03. The predicted molar refractivity (Wildman–Crippen MR) is 93.2 cm³/mol. The summed E-state index contributed by atoms with van der Waals surface area (Å²) in [4.78, 5) is 8.57. The maximum absolute atomic E-state index is 6.52. The fourth-order valence-corrected chi connectivity index (χ4v) is 5.01. The largest absolute Gasteiger partial charge is 0.409 e. The lowest BCUT2D eigenvalue weighted by Crippen LogP contribution is -2.47. The topological polar surface area (TPSA) is 53.5 Å². The van der Waals surface area contributed by atoms with E-state index in [9.17, 15) is 0 Å². The van der Waals surface area contributed by atoms with Crippen LogP contribution >= 0.6 is 11.8 Å². The van der Waals surface area contributed by atoms with Gasteiger partial charge in [0.1, 0.15) is 12.2 Å². The van der Waals surface area contributed by atoms with E-state index in [0.717, 1.165) is 5.16 Å². The van der Waals surface area contributed by atoms with Gasteiger partial charge in [-0.3, -0.25) is 0 Å². The van der Waals surface area contributed by atoms with Crippen molar-refractivity contribution in [2.45, 2.75) is 67.6 Å². The molecular weight excluding hydrogens is 328 g/mol. The Labute approximate surface area is 143 Å². The monoisotopic (exact) mass is 354 g/mol. The molecule has 3 heterocycles. The van der Waals surface area contributed by atoms with Gasteiger partial charge < -0.3 is 13.9 Å². The van der Waals surface area contributed by atoms with Crippen LogP contribution in [0.1, 0.15) is 20.8 Å². The summed E-state index contributed by atoms with van der Waals surface area (Å²) in [5.74, 6) is 0. The summed E-state index contributed by atoms with van der Waals surface area (Å²) >= 11 is 1.64. The predicted octanol–water partition coefficient (Wildman–Crippen LogP) is 3.13. The number of aromatic nitrogens is 2. The van der Waals surface area contributed by atoms with Crippen molar-refractivity contribution < 1.29 is 13.9 Å². The van der Waals surface area contributed by atoms with E-state index in [0.29, 0.717) is 13.2 Å². The highest BCUT2D eigenvalue weighted by molar-refractivity contribution is 7.99. The number of fused-ring (bicyclic) bond motifs is 1. The van der Waals surface area contributed by atoms with Crippen molar-refractivity contribution in [3.63, 3.8) is 0 Å². The van der Waals surface area contributed by atoms with Crippen LogP contribution in [0.4, 0.5) is 0 Å². The summed E-state index contributed by atoms with van der Waals surface area (Å²) in [6, 6.07) is 1.83. The highest BCUT2D eigenvalue weighted by Crippen LogP contribution is 2.42. The fraction of sp³-hybridized carbons (Fsp3) is 0.750. The molecule has 5 nitrogen and oxygen atoms in total. The normalized spacial score (nSPS) is 31.3. The van der Waals surface area contributed by atoms with Crippen LogP contribution in [0.2, 0.25) is 18.1 Å². The van der Waals surface area contributed by atoms with Crippen molar-refractivity contribution >= 4 is 20.1 Å². The van der Waals surface area contributed by atoms with Gasteiger partial charge in [-0.25, -0.2) is 9.97 Å². The van der Waals surface area contributed by atoms with E-state index in [2.05, 4.69) is 43.8 Å². The minimum Gasteiger partial charge on any atom is -0.409 e. The van der Waals surface area contributed by atoms with Crippen molar-refractivity contribution in [3.05, 3.63) is 18.5 Å². The van der Waals surface area contributed by atoms with Crippen molar-refractivity contribution in [1.29, 1.82) is 0 Å². The minimum absolute atomic E-state index is 0.0327. The Balaban J connectivity index is 1.63. The van der Waals surface area contributed by atoms with Crippen molar-refractivity contribution in [2.24, 2.45) is 0 Å². The number of rotatable bonds is 4. The Hall–Kier alpha value is -0.473. The summed E-state index contributed by atoms with van der Waals surface area (Å²) in [6.45, 7) is 12.6. The molecule has 0 aliphatic carbocycles. The van der Waals surface area contributed by atoms with Crippen LogP contribution in [-0.2, 0) is 13.9 Å². The Morgan fingerprint density at radius 1 is 1.13 bits per heavy atom. The fourth-order valence-electron chi connectivity index (χ4n) is 2.67. The van der Waals surface area contributed by atoms with Gasteiger partial charge in [0.05, 0.1) is 24.6 Å². The average molecular weight is 355 g/mol. The first-order chi connectivity index (χ1) is 10.8. The summed E-state index contributed by atoms with van der Waals surface area (Å²) in [5, 5.41) is 1.20. The van der Waals surface area contributed by atoms with Gasteiger partial charge in [0.25, 0.3) is 0 Å². The lowest BCUT2D eigenvalue weighted by molar-refractivity contribution is 0.0246. The second kappa shape index (κ2) is 6.44. The van der Waals surface area contributed by atoms with Crippen LogP contribution in [-0.4, -0.2) is 55.1 Å². The van der Waals surface area contributed by atoms with E-state index >= 15 is 0 Å². The maximum Gasteiger partial charge on any atom is 0.192 e. The number of hydrogen-bond donors (Lipinski definition) is 0.